The van der Waals surface area contributed by atoms with Crippen LogP contribution in [0.15, 0.2) is 18.2 Å². The van der Waals surface area contributed by atoms with Crippen molar-refractivity contribution in [1.29, 1.82) is 0 Å². The summed E-state index contributed by atoms with van der Waals surface area (Å²) >= 11 is 6.13. The number of urea groups is 1. The zero-order chi connectivity index (χ0) is 18.0. The van der Waals surface area contributed by atoms with Gasteiger partial charge in [0.05, 0.1) is 32.1 Å². The topological polar surface area (TPSA) is 60.0 Å². The molecule has 2 amide bonds. The number of ether oxygens (including phenoxy) is 3. The molecular formula is C19H25ClN2O4. The molecule has 3 fully saturated rings. The lowest BCUT2D eigenvalue weighted by atomic mass is 9.86. The number of morpholine rings is 1. The summed E-state index contributed by atoms with van der Waals surface area (Å²) in [5.41, 5.74) is 0.262. The van der Waals surface area contributed by atoms with Gasteiger partial charge in [-0.05, 0) is 37.0 Å². The van der Waals surface area contributed by atoms with Crippen LogP contribution in [0.3, 0.4) is 0 Å². The molecule has 0 unspecified atom stereocenters. The Bertz CT molecular complexity index is 659. The summed E-state index contributed by atoms with van der Waals surface area (Å²) in [6, 6.07) is 5.19. The summed E-state index contributed by atoms with van der Waals surface area (Å²) < 4.78 is 17.3. The van der Waals surface area contributed by atoms with E-state index in [1.54, 1.807) is 17.0 Å². The number of hydrogen-bond acceptors (Lipinski definition) is 4. The Labute approximate surface area is 158 Å². The highest BCUT2D eigenvalue weighted by Gasteiger charge is 2.41. The molecule has 1 atom stereocenters. The van der Waals surface area contributed by atoms with Crippen LogP contribution < -0.4 is 10.1 Å². The van der Waals surface area contributed by atoms with Gasteiger partial charge in [0.25, 0.3) is 0 Å². The van der Waals surface area contributed by atoms with Gasteiger partial charge >= 0.3 is 6.03 Å². The molecule has 1 saturated carbocycles. The minimum Gasteiger partial charge on any atom is -0.491 e. The molecule has 26 heavy (non-hydrogen) atoms. The van der Waals surface area contributed by atoms with Crippen LogP contribution in [0, 0.1) is 5.92 Å². The monoisotopic (exact) mass is 380 g/mol. The number of anilines is 1. The van der Waals surface area contributed by atoms with Crippen molar-refractivity contribution in [2.75, 3.05) is 44.8 Å². The standard InChI is InChI=1S/C19H25ClN2O4/c20-15-4-5-17(25-11-14-2-1-3-14)16(10-15)21-18(23)22-7-9-26-19(12-22)6-8-24-13-19/h4-5,10,14H,1-3,6-9,11-13H2,(H,21,23)/t19-/m1/s1. The molecule has 6 nitrogen and oxygen atoms in total. The summed E-state index contributed by atoms with van der Waals surface area (Å²) in [6.07, 6.45) is 4.53. The average Bonchev–Trinajstić information content (AvgIpc) is 3.03. The van der Waals surface area contributed by atoms with Gasteiger partial charge in [-0.3, -0.25) is 0 Å². The Hall–Kier alpha value is -1.50. The first kappa shape index (κ1) is 17.9. The van der Waals surface area contributed by atoms with Gasteiger partial charge in [0.15, 0.2) is 0 Å². The smallest absolute Gasteiger partial charge is 0.322 e. The highest BCUT2D eigenvalue weighted by atomic mass is 35.5. The third-order valence-electron chi connectivity index (χ3n) is 5.49. The van der Waals surface area contributed by atoms with Crippen LogP contribution in [0.2, 0.25) is 5.02 Å². The molecule has 2 aliphatic heterocycles. The molecule has 1 aliphatic carbocycles. The molecule has 2 saturated heterocycles. The van der Waals surface area contributed by atoms with Crippen molar-refractivity contribution in [1.82, 2.24) is 4.90 Å². The Morgan fingerprint density at radius 1 is 1.38 bits per heavy atom. The number of nitrogens with zero attached hydrogens (tertiary/aromatic N) is 1. The lowest BCUT2D eigenvalue weighted by Gasteiger charge is -2.39. The highest BCUT2D eigenvalue weighted by Crippen LogP contribution is 2.33. The summed E-state index contributed by atoms with van der Waals surface area (Å²) in [5.74, 6) is 1.29. The summed E-state index contributed by atoms with van der Waals surface area (Å²) in [6.45, 7) is 3.54. The zero-order valence-corrected chi connectivity index (χ0v) is 15.6. The first-order chi connectivity index (χ1) is 12.6. The molecule has 1 N–H and O–H groups in total. The molecule has 1 aromatic rings. The second-order valence-electron chi connectivity index (χ2n) is 7.43. The minimum absolute atomic E-state index is 0.157. The van der Waals surface area contributed by atoms with E-state index >= 15 is 0 Å². The van der Waals surface area contributed by atoms with Crippen LogP contribution in [0.1, 0.15) is 25.7 Å². The number of hydrogen-bond donors (Lipinski definition) is 1. The molecular weight excluding hydrogens is 356 g/mol. The van der Waals surface area contributed by atoms with Crippen LogP contribution >= 0.6 is 11.6 Å². The van der Waals surface area contributed by atoms with E-state index < -0.39 is 0 Å². The van der Waals surface area contributed by atoms with E-state index in [1.807, 2.05) is 6.07 Å². The molecule has 2 heterocycles. The van der Waals surface area contributed by atoms with Gasteiger partial charge in [0, 0.05) is 24.6 Å². The fraction of sp³-hybridized carbons (Fsp3) is 0.632. The number of carbonyl (C=O) groups is 1. The van der Waals surface area contributed by atoms with E-state index in [1.165, 1.54) is 19.3 Å². The van der Waals surface area contributed by atoms with Crippen molar-refractivity contribution in [3.63, 3.8) is 0 Å². The maximum atomic E-state index is 12.8. The van der Waals surface area contributed by atoms with Gasteiger partial charge < -0.3 is 24.4 Å². The van der Waals surface area contributed by atoms with Crippen molar-refractivity contribution < 1.29 is 19.0 Å². The van der Waals surface area contributed by atoms with Crippen LogP contribution in [0.4, 0.5) is 10.5 Å². The third-order valence-corrected chi connectivity index (χ3v) is 5.72. The molecule has 0 bridgehead atoms. The van der Waals surface area contributed by atoms with E-state index in [9.17, 15) is 4.79 Å². The van der Waals surface area contributed by atoms with Gasteiger partial charge in [-0.25, -0.2) is 4.79 Å². The number of halogens is 1. The molecule has 0 radical (unpaired) electrons. The molecule has 3 aliphatic rings. The van der Waals surface area contributed by atoms with Crippen molar-refractivity contribution >= 4 is 23.3 Å². The van der Waals surface area contributed by atoms with Crippen molar-refractivity contribution in [3.05, 3.63) is 23.2 Å². The molecule has 4 rings (SSSR count). The fourth-order valence-corrected chi connectivity index (χ4v) is 3.80. The Balaban J connectivity index is 1.42. The number of amides is 2. The summed E-state index contributed by atoms with van der Waals surface area (Å²) in [7, 11) is 0. The molecule has 142 valence electrons. The second-order valence-corrected chi connectivity index (χ2v) is 7.87. The first-order valence-electron chi connectivity index (χ1n) is 9.34. The van der Waals surface area contributed by atoms with Crippen molar-refractivity contribution in [3.8, 4) is 5.75 Å². The maximum absolute atomic E-state index is 12.8. The Morgan fingerprint density at radius 3 is 3.00 bits per heavy atom. The molecule has 0 aromatic heterocycles. The van der Waals surface area contributed by atoms with E-state index in [2.05, 4.69) is 5.32 Å². The van der Waals surface area contributed by atoms with Crippen molar-refractivity contribution in [2.45, 2.75) is 31.3 Å². The summed E-state index contributed by atoms with van der Waals surface area (Å²) in [4.78, 5) is 14.6. The number of nitrogens with one attached hydrogen (secondary N) is 1. The lowest BCUT2D eigenvalue weighted by Crippen LogP contribution is -2.55. The van der Waals surface area contributed by atoms with Crippen molar-refractivity contribution in [2.24, 2.45) is 5.92 Å². The minimum atomic E-state index is -0.354. The van der Waals surface area contributed by atoms with Crippen LogP contribution in [-0.4, -0.2) is 56.0 Å². The molecule has 1 aromatic carbocycles. The summed E-state index contributed by atoms with van der Waals surface area (Å²) in [5, 5.41) is 3.54. The lowest BCUT2D eigenvalue weighted by molar-refractivity contribution is -0.0964. The van der Waals surface area contributed by atoms with E-state index in [-0.39, 0.29) is 11.6 Å². The Morgan fingerprint density at radius 2 is 2.27 bits per heavy atom. The predicted octanol–water partition coefficient (Wildman–Crippen LogP) is 3.54. The van der Waals surface area contributed by atoms with Gasteiger partial charge in [-0.1, -0.05) is 18.0 Å². The first-order valence-corrected chi connectivity index (χ1v) is 9.71. The quantitative estimate of drug-likeness (QED) is 0.867. The van der Waals surface area contributed by atoms with Crippen LogP contribution in [-0.2, 0) is 9.47 Å². The van der Waals surface area contributed by atoms with Gasteiger partial charge in [-0.15, -0.1) is 0 Å². The third kappa shape index (κ3) is 3.92. The number of rotatable bonds is 4. The van der Waals surface area contributed by atoms with Gasteiger partial charge in [-0.2, -0.15) is 0 Å². The van der Waals surface area contributed by atoms with Gasteiger partial charge in [0.2, 0.25) is 0 Å². The maximum Gasteiger partial charge on any atom is 0.322 e. The highest BCUT2D eigenvalue weighted by molar-refractivity contribution is 6.31. The zero-order valence-electron chi connectivity index (χ0n) is 14.8. The van der Waals surface area contributed by atoms with E-state index in [4.69, 9.17) is 25.8 Å². The van der Waals surface area contributed by atoms with Crippen LogP contribution in [0.25, 0.3) is 0 Å². The van der Waals surface area contributed by atoms with Gasteiger partial charge in [0.1, 0.15) is 11.4 Å². The largest absolute Gasteiger partial charge is 0.491 e. The average molecular weight is 381 g/mol. The normalized spacial score (nSPS) is 26.0. The molecule has 7 heteroatoms. The van der Waals surface area contributed by atoms with E-state index in [0.717, 1.165) is 6.42 Å². The predicted molar refractivity (Wildman–Crippen MR) is 99.0 cm³/mol. The second kappa shape index (κ2) is 7.62. The Kier molecular flexibility index (Phi) is 5.25. The van der Waals surface area contributed by atoms with Crippen LogP contribution in [0.5, 0.6) is 5.75 Å². The SMILES string of the molecule is O=C(Nc1cc(Cl)ccc1OCC1CCC1)N1CCO[C@]2(CCOC2)C1. The fourth-order valence-electron chi connectivity index (χ4n) is 3.63. The molecule has 1 spiro atoms. The number of carbonyl (C=O) groups excluding carboxylic acids is 1. The number of benzene rings is 1. The van der Waals surface area contributed by atoms with E-state index in [0.29, 0.717) is 61.9 Å².